The molecule has 0 saturated carbocycles. The van der Waals surface area contributed by atoms with E-state index in [2.05, 4.69) is 44.0 Å². The third kappa shape index (κ3) is 5.92. The first-order valence-corrected chi connectivity index (χ1v) is 10.8. The fourth-order valence-electron chi connectivity index (χ4n) is 3.81. The van der Waals surface area contributed by atoms with Gasteiger partial charge in [-0.15, -0.1) is 10.2 Å². The zero-order chi connectivity index (χ0) is 19.6. The molecular weight excluding hydrogens is 350 g/mol. The molecule has 0 aromatic carbocycles. The van der Waals surface area contributed by atoms with Crippen molar-refractivity contribution in [1.82, 2.24) is 30.1 Å². The average Bonchev–Trinajstić information content (AvgIpc) is 3.13. The molecule has 1 saturated heterocycles. The second-order valence-electron chi connectivity index (χ2n) is 7.57. The number of fused-ring (bicyclic) bond motifs is 1. The summed E-state index contributed by atoms with van der Waals surface area (Å²) in [6, 6.07) is 6.71. The van der Waals surface area contributed by atoms with Crippen LogP contribution >= 0.6 is 0 Å². The number of rotatable bonds is 9. The summed E-state index contributed by atoms with van der Waals surface area (Å²) in [6.45, 7) is 9.51. The first kappa shape index (κ1) is 20.6. The number of aromatic nitrogens is 3. The maximum Gasteiger partial charge on any atom is 0.191 e. The van der Waals surface area contributed by atoms with Crippen LogP contribution in [0.4, 0.5) is 0 Å². The molecule has 1 atom stereocenters. The number of hydrogen-bond acceptors (Lipinski definition) is 4. The van der Waals surface area contributed by atoms with Crippen LogP contribution in [0.2, 0.25) is 0 Å². The van der Waals surface area contributed by atoms with Crippen LogP contribution in [0.3, 0.4) is 0 Å². The number of pyridine rings is 1. The highest BCUT2D eigenvalue weighted by molar-refractivity contribution is 5.79. The molecule has 0 amide bonds. The standard InChI is InChI=1S/C21H35N7/c1-3-22-21(24-14-9-16-27-15-6-4-10-18(27)2)23-13-8-12-20-26-25-19-11-5-7-17-28(19)20/h5,7,11,17-18H,3-4,6,8-10,12-16H2,1-2H3,(H2,22,23,24). The average molecular weight is 386 g/mol. The maximum absolute atomic E-state index is 4.72. The third-order valence-electron chi connectivity index (χ3n) is 5.41. The summed E-state index contributed by atoms with van der Waals surface area (Å²) < 4.78 is 2.05. The Kier molecular flexibility index (Phi) is 8.08. The van der Waals surface area contributed by atoms with E-state index in [0.717, 1.165) is 62.4 Å². The SMILES string of the molecule is CCNC(=NCCCc1nnc2ccccn12)NCCCN1CCCCC1C. The van der Waals surface area contributed by atoms with Crippen LogP contribution in [0.5, 0.6) is 0 Å². The molecule has 1 aliphatic rings. The monoisotopic (exact) mass is 385 g/mol. The van der Waals surface area contributed by atoms with E-state index in [1.165, 1.54) is 32.4 Å². The number of nitrogens with one attached hydrogen (secondary N) is 2. The van der Waals surface area contributed by atoms with Gasteiger partial charge in [-0.2, -0.15) is 0 Å². The quantitative estimate of drug-likeness (QED) is 0.394. The van der Waals surface area contributed by atoms with Gasteiger partial charge in [0, 0.05) is 44.8 Å². The molecular formula is C21H35N7. The molecule has 2 aromatic heterocycles. The second-order valence-corrected chi connectivity index (χ2v) is 7.57. The number of nitrogens with zero attached hydrogens (tertiary/aromatic N) is 5. The molecule has 2 aromatic rings. The van der Waals surface area contributed by atoms with Gasteiger partial charge in [0.15, 0.2) is 11.6 Å². The van der Waals surface area contributed by atoms with Gasteiger partial charge in [-0.05, 0) is 58.2 Å². The number of hydrogen-bond donors (Lipinski definition) is 2. The normalized spacial score (nSPS) is 18.5. The van der Waals surface area contributed by atoms with Crippen LogP contribution in [0.25, 0.3) is 5.65 Å². The third-order valence-corrected chi connectivity index (χ3v) is 5.41. The highest BCUT2D eigenvalue weighted by Crippen LogP contribution is 2.16. The molecule has 7 nitrogen and oxygen atoms in total. The molecule has 0 bridgehead atoms. The summed E-state index contributed by atoms with van der Waals surface area (Å²) >= 11 is 0. The van der Waals surface area contributed by atoms with Crippen LogP contribution < -0.4 is 10.6 Å². The van der Waals surface area contributed by atoms with Crippen LogP contribution in [-0.4, -0.2) is 64.2 Å². The van der Waals surface area contributed by atoms with Crippen molar-refractivity contribution < 1.29 is 0 Å². The van der Waals surface area contributed by atoms with Gasteiger partial charge in [-0.3, -0.25) is 9.39 Å². The lowest BCUT2D eigenvalue weighted by Crippen LogP contribution is -2.41. The van der Waals surface area contributed by atoms with Gasteiger partial charge in [0.2, 0.25) is 0 Å². The Labute approximate surface area is 168 Å². The molecule has 0 aliphatic carbocycles. The molecule has 28 heavy (non-hydrogen) atoms. The first-order chi connectivity index (χ1) is 13.8. The Morgan fingerprint density at radius 3 is 3.00 bits per heavy atom. The van der Waals surface area contributed by atoms with Gasteiger partial charge in [-0.1, -0.05) is 12.5 Å². The molecule has 0 radical (unpaired) electrons. The highest BCUT2D eigenvalue weighted by atomic mass is 15.2. The summed E-state index contributed by atoms with van der Waals surface area (Å²) in [5, 5.41) is 15.3. The summed E-state index contributed by atoms with van der Waals surface area (Å²) in [6.07, 6.45) is 9.08. The Balaban J connectivity index is 1.38. The predicted octanol–water partition coefficient (Wildman–Crippen LogP) is 2.48. The van der Waals surface area contributed by atoms with Crippen molar-refractivity contribution in [1.29, 1.82) is 0 Å². The molecule has 154 valence electrons. The van der Waals surface area contributed by atoms with Crippen molar-refractivity contribution >= 4 is 11.6 Å². The second kappa shape index (κ2) is 11.0. The van der Waals surface area contributed by atoms with Crippen molar-refractivity contribution in [3.63, 3.8) is 0 Å². The summed E-state index contributed by atoms with van der Waals surface area (Å²) in [7, 11) is 0. The van der Waals surface area contributed by atoms with Crippen molar-refractivity contribution in [2.45, 2.75) is 58.4 Å². The predicted molar refractivity (Wildman–Crippen MR) is 115 cm³/mol. The minimum Gasteiger partial charge on any atom is -0.357 e. The van der Waals surface area contributed by atoms with Crippen molar-refractivity contribution in [2.75, 3.05) is 32.7 Å². The molecule has 3 heterocycles. The minimum atomic E-state index is 0.740. The Morgan fingerprint density at radius 2 is 2.14 bits per heavy atom. The van der Waals surface area contributed by atoms with Gasteiger partial charge in [0.25, 0.3) is 0 Å². The largest absolute Gasteiger partial charge is 0.357 e. The fraction of sp³-hybridized carbons (Fsp3) is 0.667. The van der Waals surface area contributed by atoms with E-state index in [9.17, 15) is 0 Å². The zero-order valence-corrected chi connectivity index (χ0v) is 17.4. The lowest BCUT2D eigenvalue weighted by atomic mass is 10.0. The molecule has 3 rings (SSSR count). The van der Waals surface area contributed by atoms with E-state index in [0.29, 0.717) is 0 Å². The van der Waals surface area contributed by atoms with Crippen LogP contribution in [0.1, 0.15) is 51.8 Å². The van der Waals surface area contributed by atoms with Crippen molar-refractivity contribution in [3.8, 4) is 0 Å². The topological polar surface area (TPSA) is 69.8 Å². The van der Waals surface area contributed by atoms with E-state index in [1.807, 2.05) is 24.4 Å². The number of likely N-dealkylation sites (tertiary alicyclic amines) is 1. The van der Waals surface area contributed by atoms with Crippen LogP contribution in [0, 0.1) is 0 Å². The molecule has 7 heteroatoms. The van der Waals surface area contributed by atoms with E-state index in [1.54, 1.807) is 0 Å². The Hall–Kier alpha value is -2.15. The zero-order valence-electron chi connectivity index (χ0n) is 17.4. The van der Waals surface area contributed by atoms with E-state index >= 15 is 0 Å². The minimum absolute atomic E-state index is 0.740. The smallest absolute Gasteiger partial charge is 0.191 e. The highest BCUT2D eigenvalue weighted by Gasteiger charge is 2.17. The Bertz CT molecular complexity index is 739. The first-order valence-electron chi connectivity index (χ1n) is 10.8. The molecule has 1 fully saturated rings. The summed E-state index contributed by atoms with van der Waals surface area (Å²) in [5.41, 5.74) is 0.902. The molecule has 0 spiro atoms. The Morgan fingerprint density at radius 1 is 1.21 bits per heavy atom. The van der Waals surface area contributed by atoms with Crippen molar-refractivity contribution in [3.05, 3.63) is 30.2 Å². The van der Waals surface area contributed by atoms with E-state index in [4.69, 9.17) is 4.99 Å². The van der Waals surface area contributed by atoms with Gasteiger partial charge < -0.3 is 15.5 Å². The number of aliphatic imine (C=N–C) groups is 1. The number of guanidine groups is 1. The van der Waals surface area contributed by atoms with Gasteiger partial charge >= 0.3 is 0 Å². The van der Waals surface area contributed by atoms with E-state index in [-0.39, 0.29) is 0 Å². The molecule has 2 N–H and O–H groups in total. The van der Waals surface area contributed by atoms with Gasteiger partial charge in [-0.25, -0.2) is 0 Å². The van der Waals surface area contributed by atoms with Crippen molar-refractivity contribution in [2.24, 2.45) is 4.99 Å². The van der Waals surface area contributed by atoms with E-state index < -0.39 is 0 Å². The molecule has 1 unspecified atom stereocenters. The molecule has 1 aliphatic heterocycles. The van der Waals surface area contributed by atoms with Crippen LogP contribution in [-0.2, 0) is 6.42 Å². The van der Waals surface area contributed by atoms with Gasteiger partial charge in [0.05, 0.1) is 0 Å². The van der Waals surface area contributed by atoms with Crippen LogP contribution in [0.15, 0.2) is 29.4 Å². The number of aryl methyl sites for hydroxylation is 1. The summed E-state index contributed by atoms with van der Waals surface area (Å²) in [5.74, 6) is 1.92. The van der Waals surface area contributed by atoms with Gasteiger partial charge in [0.1, 0.15) is 5.82 Å². The lowest BCUT2D eigenvalue weighted by Gasteiger charge is -2.33. The number of piperidine rings is 1. The lowest BCUT2D eigenvalue weighted by molar-refractivity contribution is 0.159. The maximum atomic E-state index is 4.72. The fourth-order valence-corrected chi connectivity index (χ4v) is 3.81. The summed E-state index contributed by atoms with van der Waals surface area (Å²) in [4.78, 5) is 7.34.